The lowest BCUT2D eigenvalue weighted by atomic mass is 9.94. The van der Waals surface area contributed by atoms with Crippen molar-refractivity contribution in [2.24, 2.45) is 0 Å². The number of para-hydroxylation sites is 1. The molecule has 0 saturated heterocycles. The van der Waals surface area contributed by atoms with Crippen LogP contribution in [0.4, 0.5) is 0 Å². The molecule has 3 heterocycles. The SMILES string of the molecule is Cc1cc2c(cn1)CN(C1CCc3ncn(-c4ccccc4Cl)c3C1)C2. The van der Waals surface area contributed by atoms with Gasteiger partial charge in [-0.15, -0.1) is 0 Å². The fourth-order valence-corrected chi connectivity index (χ4v) is 4.54. The Labute approximate surface area is 158 Å². The molecule has 4 nitrogen and oxygen atoms in total. The number of pyridine rings is 1. The topological polar surface area (TPSA) is 34.0 Å². The van der Waals surface area contributed by atoms with Crippen LogP contribution in [-0.2, 0) is 25.9 Å². The summed E-state index contributed by atoms with van der Waals surface area (Å²) in [5.74, 6) is 0. The van der Waals surface area contributed by atoms with Gasteiger partial charge < -0.3 is 4.57 Å². The molecule has 0 saturated carbocycles. The summed E-state index contributed by atoms with van der Waals surface area (Å²) in [4.78, 5) is 11.7. The zero-order valence-corrected chi connectivity index (χ0v) is 15.6. The summed E-state index contributed by atoms with van der Waals surface area (Å²) in [6, 6.07) is 10.8. The van der Waals surface area contributed by atoms with Crippen LogP contribution in [0, 0.1) is 6.92 Å². The van der Waals surface area contributed by atoms with E-state index in [1.165, 1.54) is 22.5 Å². The molecule has 1 aliphatic heterocycles. The Morgan fingerprint density at radius 3 is 2.85 bits per heavy atom. The highest BCUT2D eigenvalue weighted by atomic mass is 35.5. The van der Waals surface area contributed by atoms with E-state index in [1.807, 2.05) is 30.7 Å². The van der Waals surface area contributed by atoms with E-state index in [0.29, 0.717) is 6.04 Å². The summed E-state index contributed by atoms with van der Waals surface area (Å²) in [5, 5.41) is 0.768. The van der Waals surface area contributed by atoms with Gasteiger partial charge in [-0.3, -0.25) is 9.88 Å². The van der Waals surface area contributed by atoms with Gasteiger partial charge in [0, 0.05) is 43.1 Å². The fourth-order valence-electron chi connectivity index (χ4n) is 4.32. The summed E-state index contributed by atoms with van der Waals surface area (Å²) in [7, 11) is 0. The molecule has 3 aromatic rings. The van der Waals surface area contributed by atoms with Gasteiger partial charge in [-0.2, -0.15) is 0 Å². The van der Waals surface area contributed by atoms with Crippen molar-refractivity contribution in [1.29, 1.82) is 0 Å². The van der Waals surface area contributed by atoms with E-state index < -0.39 is 0 Å². The maximum Gasteiger partial charge on any atom is 0.0998 e. The lowest BCUT2D eigenvalue weighted by molar-refractivity contribution is 0.179. The van der Waals surface area contributed by atoms with E-state index in [1.54, 1.807) is 0 Å². The third-order valence-electron chi connectivity index (χ3n) is 5.69. The molecule has 1 aliphatic carbocycles. The molecule has 2 aromatic heterocycles. The second-order valence-electron chi connectivity index (χ2n) is 7.36. The Bertz CT molecular complexity index is 978. The molecule has 0 spiro atoms. The third kappa shape index (κ3) is 2.65. The molecule has 5 rings (SSSR count). The maximum atomic E-state index is 6.43. The van der Waals surface area contributed by atoms with Crippen molar-refractivity contribution < 1.29 is 0 Å². The molecule has 0 fully saturated rings. The number of imidazole rings is 1. The average molecular weight is 365 g/mol. The van der Waals surface area contributed by atoms with Crippen molar-refractivity contribution in [2.75, 3.05) is 0 Å². The van der Waals surface area contributed by atoms with Gasteiger partial charge in [0.25, 0.3) is 0 Å². The van der Waals surface area contributed by atoms with Gasteiger partial charge in [-0.05, 0) is 49.1 Å². The van der Waals surface area contributed by atoms with E-state index in [2.05, 4.69) is 38.5 Å². The molecule has 1 atom stereocenters. The molecular formula is C21H21ClN4. The van der Waals surface area contributed by atoms with Crippen molar-refractivity contribution in [3.05, 3.63) is 76.1 Å². The van der Waals surface area contributed by atoms with Crippen molar-refractivity contribution in [3.8, 4) is 5.69 Å². The minimum atomic E-state index is 0.535. The Morgan fingerprint density at radius 2 is 1.96 bits per heavy atom. The summed E-state index contributed by atoms with van der Waals surface area (Å²) in [5.41, 5.74) is 7.46. The summed E-state index contributed by atoms with van der Waals surface area (Å²) in [6.07, 6.45) is 7.18. The number of nitrogens with zero attached hydrogens (tertiary/aromatic N) is 4. The third-order valence-corrected chi connectivity index (χ3v) is 6.01. The molecule has 0 bridgehead atoms. The molecule has 1 unspecified atom stereocenters. The van der Waals surface area contributed by atoms with Crippen LogP contribution < -0.4 is 0 Å². The van der Waals surface area contributed by atoms with Crippen molar-refractivity contribution in [2.45, 2.75) is 45.3 Å². The van der Waals surface area contributed by atoms with E-state index in [9.17, 15) is 0 Å². The number of rotatable bonds is 2. The van der Waals surface area contributed by atoms with E-state index >= 15 is 0 Å². The Kier molecular flexibility index (Phi) is 3.84. The molecule has 26 heavy (non-hydrogen) atoms. The minimum absolute atomic E-state index is 0.535. The van der Waals surface area contributed by atoms with Gasteiger partial charge in [-0.25, -0.2) is 4.98 Å². The predicted octanol–water partition coefficient (Wildman–Crippen LogP) is 4.10. The first-order valence-electron chi connectivity index (χ1n) is 9.17. The monoisotopic (exact) mass is 364 g/mol. The quantitative estimate of drug-likeness (QED) is 0.686. The fraction of sp³-hybridized carbons (Fsp3) is 0.333. The number of hydrogen-bond donors (Lipinski definition) is 0. The van der Waals surface area contributed by atoms with Crippen LogP contribution in [0.25, 0.3) is 5.69 Å². The van der Waals surface area contributed by atoms with E-state index in [-0.39, 0.29) is 0 Å². The van der Waals surface area contributed by atoms with Crippen molar-refractivity contribution >= 4 is 11.6 Å². The zero-order valence-electron chi connectivity index (χ0n) is 14.8. The zero-order chi connectivity index (χ0) is 17.7. The van der Waals surface area contributed by atoms with Crippen LogP contribution in [0.2, 0.25) is 5.02 Å². The first kappa shape index (κ1) is 16.0. The van der Waals surface area contributed by atoms with E-state index in [4.69, 9.17) is 11.6 Å². The second kappa shape index (κ2) is 6.22. The number of aryl methyl sites for hydroxylation is 2. The molecular weight excluding hydrogens is 344 g/mol. The Balaban J connectivity index is 1.43. The van der Waals surface area contributed by atoms with Crippen LogP contribution in [0.1, 0.15) is 34.6 Å². The van der Waals surface area contributed by atoms with Gasteiger partial charge in [0.05, 0.1) is 22.7 Å². The lowest BCUT2D eigenvalue weighted by Gasteiger charge is -2.31. The van der Waals surface area contributed by atoms with Crippen LogP contribution in [0.15, 0.2) is 42.9 Å². The molecule has 1 aromatic carbocycles. The van der Waals surface area contributed by atoms with E-state index in [0.717, 1.165) is 48.8 Å². The van der Waals surface area contributed by atoms with Crippen LogP contribution in [0.3, 0.4) is 0 Å². The van der Waals surface area contributed by atoms with Crippen LogP contribution in [-0.4, -0.2) is 25.5 Å². The molecule has 0 N–H and O–H groups in total. The van der Waals surface area contributed by atoms with Gasteiger partial charge in [0.1, 0.15) is 0 Å². The van der Waals surface area contributed by atoms with Crippen molar-refractivity contribution in [1.82, 2.24) is 19.4 Å². The first-order valence-corrected chi connectivity index (χ1v) is 9.55. The van der Waals surface area contributed by atoms with Gasteiger partial charge in [-0.1, -0.05) is 23.7 Å². The Hall–Kier alpha value is -2.17. The lowest BCUT2D eigenvalue weighted by Crippen LogP contribution is -2.36. The molecule has 0 amide bonds. The summed E-state index contributed by atoms with van der Waals surface area (Å²) >= 11 is 6.43. The molecule has 0 radical (unpaired) electrons. The van der Waals surface area contributed by atoms with Gasteiger partial charge in [0.2, 0.25) is 0 Å². The largest absolute Gasteiger partial charge is 0.301 e. The van der Waals surface area contributed by atoms with Crippen LogP contribution >= 0.6 is 11.6 Å². The summed E-state index contributed by atoms with van der Waals surface area (Å²) in [6.45, 7) is 4.10. The standard InChI is InChI=1S/C21H21ClN4/c1-14-8-15-11-25(12-16(15)10-23-14)17-6-7-19-21(9-17)26(13-24-19)20-5-3-2-4-18(20)22/h2-5,8,10,13,17H,6-7,9,11-12H2,1H3. The first-order chi connectivity index (χ1) is 12.7. The number of hydrogen-bond acceptors (Lipinski definition) is 3. The number of benzene rings is 1. The highest BCUT2D eigenvalue weighted by Gasteiger charge is 2.31. The summed E-state index contributed by atoms with van der Waals surface area (Å²) < 4.78 is 2.18. The molecule has 5 heteroatoms. The van der Waals surface area contributed by atoms with Crippen LogP contribution in [0.5, 0.6) is 0 Å². The maximum absolute atomic E-state index is 6.43. The number of fused-ring (bicyclic) bond motifs is 2. The average Bonchev–Trinajstić information content (AvgIpc) is 3.25. The molecule has 2 aliphatic rings. The number of aromatic nitrogens is 3. The predicted molar refractivity (Wildman–Crippen MR) is 103 cm³/mol. The van der Waals surface area contributed by atoms with Gasteiger partial charge >= 0.3 is 0 Å². The minimum Gasteiger partial charge on any atom is -0.301 e. The Morgan fingerprint density at radius 1 is 1.12 bits per heavy atom. The second-order valence-corrected chi connectivity index (χ2v) is 7.76. The number of halogens is 1. The normalized spacial score (nSPS) is 19.4. The van der Waals surface area contributed by atoms with Crippen molar-refractivity contribution in [3.63, 3.8) is 0 Å². The highest BCUT2D eigenvalue weighted by Crippen LogP contribution is 2.32. The van der Waals surface area contributed by atoms with Gasteiger partial charge in [0.15, 0.2) is 0 Å². The highest BCUT2D eigenvalue weighted by molar-refractivity contribution is 6.32. The smallest absolute Gasteiger partial charge is 0.0998 e. The molecule has 132 valence electrons.